The van der Waals surface area contributed by atoms with Crippen molar-refractivity contribution in [3.8, 4) is 5.75 Å². The zero-order valence-corrected chi connectivity index (χ0v) is 15.4. The number of para-hydroxylation sites is 2. The molecule has 1 aliphatic rings. The Labute approximate surface area is 152 Å². The molecule has 1 aromatic heterocycles. The van der Waals surface area contributed by atoms with E-state index >= 15 is 0 Å². The lowest BCUT2D eigenvalue weighted by molar-refractivity contribution is -0.128. The molecule has 2 aromatic rings. The highest BCUT2D eigenvalue weighted by molar-refractivity contribution is 6.03. The van der Waals surface area contributed by atoms with Gasteiger partial charge in [0.1, 0.15) is 18.1 Å². The summed E-state index contributed by atoms with van der Waals surface area (Å²) in [6.45, 7) is 5.93. The van der Waals surface area contributed by atoms with E-state index in [-0.39, 0.29) is 30.8 Å². The Morgan fingerprint density at radius 2 is 2.04 bits per heavy atom. The van der Waals surface area contributed by atoms with Crippen LogP contribution in [-0.4, -0.2) is 39.2 Å². The van der Waals surface area contributed by atoms with Crippen molar-refractivity contribution in [3.63, 3.8) is 0 Å². The third-order valence-corrected chi connectivity index (χ3v) is 4.33. The number of fused-ring (bicyclic) bond motifs is 1. The predicted octanol–water partition coefficient (Wildman–Crippen LogP) is 1.37. The van der Waals surface area contributed by atoms with Crippen LogP contribution in [0.25, 0.3) is 0 Å². The van der Waals surface area contributed by atoms with Crippen LogP contribution >= 0.6 is 0 Å². The van der Waals surface area contributed by atoms with E-state index in [0.717, 1.165) is 5.82 Å². The van der Waals surface area contributed by atoms with Crippen LogP contribution in [0.1, 0.15) is 38.3 Å². The summed E-state index contributed by atoms with van der Waals surface area (Å²) < 4.78 is 7.46. The van der Waals surface area contributed by atoms with Gasteiger partial charge in [0.05, 0.1) is 12.2 Å². The van der Waals surface area contributed by atoms with Gasteiger partial charge in [0.15, 0.2) is 11.9 Å². The third kappa shape index (κ3) is 3.40. The number of nitrogens with zero attached hydrogens (tertiary/aromatic N) is 4. The summed E-state index contributed by atoms with van der Waals surface area (Å²) in [6.07, 6.45) is -0.620. The van der Waals surface area contributed by atoms with Crippen molar-refractivity contribution in [3.05, 3.63) is 35.9 Å². The standard InChI is InChI=1S/C18H23N5O3/c1-11(2)17-21-20-15(22(17)4)9-19-16(24)10-23-13-7-5-6-8-14(13)26-12(3)18(23)25/h5-8,11-12H,9-10H2,1-4H3,(H,19,24)/t12-/m0/s1. The normalized spacial score (nSPS) is 16.4. The molecule has 0 aliphatic carbocycles. The van der Waals surface area contributed by atoms with Crippen LogP contribution in [0.3, 0.4) is 0 Å². The third-order valence-electron chi connectivity index (χ3n) is 4.33. The molecule has 3 rings (SSSR count). The van der Waals surface area contributed by atoms with Crippen molar-refractivity contribution in [2.45, 2.75) is 39.3 Å². The number of anilines is 1. The number of hydrogen-bond acceptors (Lipinski definition) is 5. The Morgan fingerprint density at radius 1 is 1.31 bits per heavy atom. The average molecular weight is 357 g/mol. The molecule has 138 valence electrons. The van der Waals surface area contributed by atoms with Gasteiger partial charge in [-0.05, 0) is 19.1 Å². The maximum absolute atomic E-state index is 12.4. The number of carbonyl (C=O) groups is 2. The van der Waals surface area contributed by atoms with Crippen LogP contribution in [0.4, 0.5) is 5.69 Å². The number of nitrogens with one attached hydrogen (secondary N) is 1. The van der Waals surface area contributed by atoms with Crippen LogP contribution in [-0.2, 0) is 23.2 Å². The molecule has 0 saturated heterocycles. The summed E-state index contributed by atoms with van der Waals surface area (Å²) >= 11 is 0. The van der Waals surface area contributed by atoms with Gasteiger partial charge in [0, 0.05) is 13.0 Å². The van der Waals surface area contributed by atoms with E-state index in [0.29, 0.717) is 17.3 Å². The zero-order valence-electron chi connectivity index (χ0n) is 15.4. The first-order valence-corrected chi connectivity index (χ1v) is 8.60. The van der Waals surface area contributed by atoms with Crippen molar-refractivity contribution < 1.29 is 14.3 Å². The van der Waals surface area contributed by atoms with E-state index in [4.69, 9.17) is 4.74 Å². The molecule has 1 atom stereocenters. The van der Waals surface area contributed by atoms with Gasteiger partial charge >= 0.3 is 0 Å². The van der Waals surface area contributed by atoms with Crippen LogP contribution in [0.15, 0.2) is 24.3 Å². The van der Waals surface area contributed by atoms with Crippen LogP contribution in [0.2, 0.25) is 0 Å². The monoisotopic (exact) mass is 357 g/mol. The fraction of sp³-hybridized carbons (Fsp3) is 0.444. The maximum Gasteiger partial charge on any atom is 0.268 e. The van der Waals surface area contributed by atoms with Crippen LogP contribution in [0.5, 0.6) is 5.75 Å². The summed E-state index contributed by atoms with van der Waals surface area (Å²) in [4.78, 5) is 26.3. The van der Waals surface area contributed by atoms with Crippen molar-refractivity contribution in [2.24, 2.45) is 7.05 Å². The van der Waals surface area contributed by atoms with E-state index in [1.165, 1.54) is 4.90 Å². The van der Waals surface area contributed by atoms with E-state index in [2.05, 4.69) is 15.5 Å². The lowest BCUT2D eigenvalue weighted by Gasteiger charge is -2.32. The number of carbonyl (C=O) groups excluding carboxylic acids is 2. The first-order valence-electron chi connectivity index (χ1n) is 8.60. The van der Waals surface area contributed by atoms with E-state index < -0.39 is 6.10 Å². The fourth-order valence-electron chi connectivity index (χ4n) is 2.93. The summed E-state index contributed by atoms with van der Waals surface area (Å²) in [5.74, 6) is 1.88. The predicted molar refractivity (Wildman–Crippen MR) is 95.8 cm³/mol. The Kier molecular flexibility index (Phi) is 4.92. The minimum atomic E-state index is -0.620. The topological polar surface area (TPSA) is 89.3 Å². The molecule has 1 N–H and O–H groups in total. The smallest absolute Gasteiger partial charge is 0.268 e. The summed E-state index contributed by atoms with van der Waals surface area (Å²) in [5.41, 5.74) is 0.603. The summed E-state index contributed by atoms with van der Waals surface area (Å²) in [5, 5.41) is 11.1. The van der Waals surface area contributed by atoms with Gasteiger partial charge in [-0.1, -0.05) is 26.0 Å². The van der Waals surface area contributed by atoms with Crippen molar-refractivity contribution in [1.29, 1.82) is 0 Å². The second-order valence-corrected chi connectivity index (χ2v) is 6.62. The van der Waals surface area contributed by atoms with Gasteiger partial charge in [0.25, 0.3) is 5.91 Å². The molecule has 0 spiro atoms. The molecule has 0 fully saturated rings. The average Bonchev–Trinajstić information content (AvgIpc) is 2.98. The van der Waals surface area contributed by atoms with Crippen molar-refractivity contribution >= 4 is 17.5 Å². The molecule has 0 saturated carbocycles. The van der Waals surface area contributed by atoms with E-state index in [9.17, 15) is 9.59 Å². The lowest BCUT2D eigenvalue weighted by atomic mass is 10.2. The molecule has 0 radical (unpaired) electrons. The Hall–Kier alpha value is -2.90. The number of hydrogen-bond donors (Lipinski definition) is 1. The van der Waals surface area contributed by atoms with Crippen molar-refractivity contribution in [1.82, 2.24) is 20.1 Å². The quantitative estimate of drug-likeness (QED) is 0.873. The molecule has 26 heavy (non-hydrogen) atoms. The molecule has 0 bridgehead atoms. The Balaban J connectivity index is 1.67. The minimum Gasteiger partial charge on any atom is -0.479 e. The molecular weight excluding hydrogens is 334 g/mol. The van der Waals surface area contributed by atoms with Crippen LogP contribution < -0.4 is 15.0 Å². The number of benzene rings is 1. The van der Waals surface area contributed by atoms with Gasteiger partial charge in [0.2, 0.25) is 5.91 Å². The van der Waals surface area contributed by atoms with Gasteiger partial charge in [-0.3, -0.25) is 14.5 Å². The first kappa shape index (κ1) is 17.9. The molecule has 1 aromatic carbocycles. The summed E-state index contributed by atoms with van der Waals surface area (Å²) in [6, 6.07) is 7.20. The Bertz CT molecular complexity index is 830. The highest BCUT2D eigenvalue weighted by Crippen LogP contribution is 2.33. The maximum atomic E-state index is 12.4. The molecule has 8 heteroatoms. The lowest BCUT2D eigenvalue weighted by Crippen LogP contribution is -2.48. The second-order valence-electron chi connectivity index (χ2n) is 6.62. The summed E-state index contributed by atoms with van der Waals surface area (Å²) in [7, 11) is 1.88. The van der Waals surface area contributed by atoms with Gasteiger partial charge < -0.3 is 14.6 Å². The SMILES string of the molecule is CC(C)c1nnc(CNC(=O)CN2C(=O)[C@H](C)Oc3ccccc32)n1C. The minimum absolute atomic E-state index is 0.0710. The van der Waals surface area contributed by atoms with Crippen LogP contribution in [0, 0.1) is 0 Å². The number of ether oxygens (including phenoxy) is 1. The highest BCUT2D eigenvalue weighted by atomic mass is 16.5. The largest absolute Gasteiger partial charge is 0.479 e. The zero-order chi connectivity index (χ0) is 18.8. The number of amides is 2. The van der Waals surface area contributed by atoms with E-state index in [1.807, 2.05) is 37.6 Å². The highest BCUT2D eigenvalue weighted by Gasteiger charge is 2.32. The molecule has 8 nitrogen and oxygen atoms in total. The first-order chi connectivity index (χ1) is 12.4. The van der Waals surface area contributed by atoms with E-state index in [1.54, 1.807) is 19.1 Å². The van der Waals surface area contributed by atoms with Gasteiger partial charge in [-0.25, -0.2) is 0 Å². The molecular formula is C18H23N5O3. The fourth-order valence-corrected chi connectivity index (χ4v) is 2.93. The number of rotatable bonds is 5. The number of aromatic nitrogens is 3. The molecule has 2 amide bonds. The van der Waals surface area contributed by atoms with Gasteiger partial charge in [-0.2, -0.15) is 0 Å². The molecule has 2 heterocycles. The second kappa shape index (κ2) is 7.15. The van der Waals surface area contributed by atoms with Crippen molar-refractivity contribution in [2.75, 3.05) is 11.4 Å². The molecule has 1 aliphatic heterocycles. The molecule has 0 unspecified atom stereocenters. The van der Waals surface area contributed by atoms with Gasteiger partial charge in [-0.15, -0.1) is 10.2 Å². The Morgan fingerprint density at radius 3 is 2.73 bits per heavy atom.